The molecule has 2 saturated heterocycles. The highest BCUT2D eigenvalue weighted by atomic mass is 35.5. The summed E-state index contributed by atoms with van der Waals surface area (Å²) in [5, 5.41) is 3.20. The van der Waals surface area contributed by atoms with E-state index in [0.717, 1.165) is 19.6 Å². The van der Waals surface area contributed by atoms with Gasteiger partial charge in [-0.2, -0.15) is 0 Å². The summed E-state index contributed by atoms with van der Waals surface area (Å²) in [6.45, 7) is 5.39. The minimum atomic E-state index is -0.921. The second-order valence-corrected chi connectivity index (χ2v) is 3.95. The molecule has 2 nitrogen and oxygen atoms in total. The van der Waals surface area contributed by atoms with Crippen LogP contribution in [0.3, 0.4) is 0 Å². The number of nitrogens with one attached hydrogen (secondary N) is 1. The topological polar surface area (TPSA) is 15.3 Å². The predicted octanol–water partition coefficient (Wildman–Crippen LogP) is 0.814. The molecule has 72 valence electrons. The maximum atomic E-state index is 13.3. The van der Waals surface area contributed by atoms with Gasteiger partial charge >= 0.3 is 0 Å². The number of rotatable bonds is 1. The largest absolute Gasteiger partial charge is 0.314 e. The molecule has 1 atom stereocenters. The van der Waals surface area contributed by atoms with Crippen LogP contribution in [0.25, 0.3) is 0 Å². The fraction of sp³-hybridized carbons (Fsp3) is 1.00. The van der Waals surface area contributed by atoms with Gasteiger partial charge in [0.15, 0.2) is 0 Å². The maximum absolute atomic E-state index is 13.3. The lowest BCUT2D eigenvalue weighted by Crippen LogP contribution is -2.56. The summed E-state index contributed by atoms with van der Waals surface area (Å²) < 4.78 is 13.3. The molecule has 0 spiro atoms. The quantitative estimate of drug-likeness (QED) is 0.665. The van der Waals surface area contributed by atoms with Crippen LogP contribution in [-0.2, 0) is 0 Å². The Morgan fingerprint density at radius 1 is 1.50 bits per heavy atom. The molecule has 0 aromatic heterocycles. The fourth-order valence-electron chi connectivity index (χ4n) is 1.80. The molecule has 0 saturated carbocycles. The number of nitrogens with zero attached hydrogens (tertiary/aromatic N) is 1. The van der Waals surface area contributed by atoms with Crippen molar-refractivity contribution in [1.82, 2.24) is 10.2 Å². The van der Waals surface area contributed by atoms with Gasteiger partial charge in [0.1, 0.15) is 5.67 Å². The molecule has 4 heteroatoms. The first-order valence-corrected chi connectivity index (χ1v) is 4.31. The lowest BCUT2D eigenvalue weighted by Gasteiger charge is -2.35. The number of hydrogen-bond acceptors (Lipinski definition) is 2. The van der Waals surface area contributed by atoms with Crippen molar-refractivity contribution in [2.24, 2.45) is 0 Å². The molecule has 2 aliphatic rings. The van der Waals surface area contributed by atoms with Gasteiger partial charge in [0.2, 0.25) is 0 Å². The average molecular weight is 195 g/mol. The first-order chi connectivity index (χ1) is 5.17. The lowest BCUT2D eigenvalue weighted by atomic mass is 10.1. The van der Waals surface area contributed by atoms with E-state index in [0.29, 0.717) is 19.0 Å². The third kappa shape index (κ3) is 1.90. The van der Waals surface area contributed by atoms with E-state index in [1.165, 1.54) is 0 Å². The van der Waals surface area contributed by atoms with E-state index in [4.69, 9.17) is 0 Å². The molecule has 2 fully saturated rings. The van der Waals surface area contributed by atoms with Crippen LogP contribution in [-0.4, -0.2) is 42.8 Å². The summed E-state index contributed by atoms with van der Waals surface area (Å²) in [5.74, 6) is 0. The van der Waals surface area contributed by atoms with Gasteiger partial charge in [-0.05, 0) is 13.3 Å². The second kappa shape index (κ2) is 3.48. The highest BCUT2D eigenvalue weighted by molar-refractivity contribution is 5.85. The number of halogens is 2. The van der Waals surface area contributed by atoms with Gasteiger partial charge in [-0.1, -0.05) is 0 Å². The Morgan fingerprint density at radius 2 is 2.17 bits per heavy atom. The average Bonchev–Trinajstić information content (AvgIpc) is 2.05. The standard InChI is InChI=1S/C8H15FN2.ClH/c1-8(9)2-3-11(6-8)7-4-10-5-7;/h7,10H,2-6H2,1H3;1H. The Bertz CT molecular complexity index is 159. The third-order valence-corrected chi connectivity index (χ3v) is 2.73. The molecular formula is C8H16ClFN2. The fourth-order valence-corrected chi connectivity index (χ4v) is 1.80. The van der Waals surface area contributed by atoms with E-state index >= 15 is 0 Å². The van der Waals surface area contributed by atoms with Crippen LogP contribution < -0.4 is 5.32 Å². The van der Waals surface area contributed by atoms with E-state index in [1.54, 1.807) is 6.92 Å². The summed E-state index contributed by atoms with van der Waals surface area (Å²) in [6, 6.07) is 0.618. The maximum Gasteiger partial charge on any atom is 0.122 e. The first-order valence-electron chi connectivity index (χ1n) is 4.31. The monoisotopic (exact) mass is 194 g/mol. The van der Waals surface area contributed by atoms with Crippen molar-refractivity contribution in [1.29, 1.82) is 0 Å². The van der Waals surface area contributed by atoms with Gasteiger partial charge in [0, 0.05) is 32.2 Å². The van der Waals surface area contributed by atoms with Crippen molar-refractivity contribution in [3.05, 3.63) is 0 Å². The molecule has 0 bridgehead atoms. The summed E-state index contributed by atoms with van der Waals surface area (Å²) in [5.41, 5.74) is -0.921. The highest BCUT2D eigenvalue weighted by Gasteiger charge is 2.38. The van der Waals surface area contributed by atoms with Crippen LogP contribution in [0.1, 0.15) is 13.3 Å². The van der Waals surface area contributed by atoms with Crippen molar-refractivity contribution in [3.8, 4) is 0 Å². The molecule has 0 aliphatic carbocycles. The predicted molar refractivity (Wildman–Crippen MR) is 49.6 cm³/mol. The van der Waals surface area contributed by atoms with Crippen molar-refractivity contribution in [2.45, 2.75) is 25.1 Å². The first kappa shape index (κ1) is 10.2. The third-order valence-electron chi connectivity index (χ3n) is 2.73. The highest BCUT2D eigenvalue weighted by Crippen LogP contribution is 2.26. The molecule has 0 aromatic carbocycles. The van der Waals surface area contributed by atoms with Crippen molar-refractivity contribution in [3.63, 3.8) is 0 Å². The smallest absolute Gasteiger partial charge is 0.122 e. The normalized spacial score (nSPS) is 37.5. The van der Waals surface area contributed by atoms with E-state index in [2.05, 4.69) is 10.2 Å². The van der Waals surface area contributed by atoms with Crippen LogP contribution in [0.5, 0.6) is 0 Å². The van der Waals surface area contributed by atoms with Crippen LogP contribution >= 0.6 is 12.4 Å². The van der Waals surface area contributed by atoms with E-state index in [-0.39, 0.29) is 12.4 Å². The molecule has 0 aromatic rings. The molecule has 2 heterocycles. The van der Waals surface area contributed by atoms with Crippen molar-refractivity contribution >= 4 is 12.4 Å². The van der Waals surface area contributed by atoms with Crippen LogP contribution in [0.15, 0.2) is 0 Å². The Labute approximate surface area is 78.9 Å². The molecule has 2 rings (SSSR count). The van der Waals surface area contributed by atoms with Gasteiger partial charge < -0.3 is 5.32 Å². The Kier molecular flexibility index (Phi) is 2.97. The Morgan fingerprint density at radius 3 is 2.50 bits per heavy atom. The Hall–Kier alpha value is 0.140. The van der Waals surface area contributed by atoms with Crippen LogP contribution in [0, 0.1) is 0 Å². The van der Waals surface area contributed by atoms with Gasteiger partial charge in [-0.3, -0.25) is 4.90 Å². The van der Waals surface area contributed by atoms with Gasteiger partial charge in [-0.25, -0.2) is 4.39 Å². The van der Waals surface area contributed by atoms with Gasteiger partial charge in [0.25, 0.3) is 0 Å². The van der Waals surface area contributed by atoms with E-state index in [9.17, 15) is 4.39 Å². The summed E-state index contributed by atoms with van der Waals surface area (Å²) in [7, 11) is 0. The van der Waals surface area contributed by atoms with Crippen molar-refractivity contribution < 1.29 is 4.39 Å². The second-order valence-electron chi connectivity index (χ2n) is 3.95. The number of likely N-dealkylation sites (tertiary alicyclic amines) is 1. The van der Waals surface area contributed by atoms with Crippen LogP contribution in [0.4, 0.5) is 4.39 Å². The zero-order valence-corrected chi connectivity index (χ0v) is 8.16. The zero-order valence-electron chi connectivity index (χ0n) is 7.35. The van der Waals surface area contributed by atoms with E-state index < -0.39 is 5.67 Å². The van der Waals surface area contributed by atoms with Gasteiger partial charge in [0.05, 0.1) is 0 Å². The molecule has 0 radical (unpaired) electrons. The summed E-state index contributed by atoms with van der Waals surface area (Å²) in [6.07, 6.45) is 0.712. The molecule has 1 N–H and O–H groups in total. The zero-order chi connectivity index (χ0) is 7.90. The SMILES string of the molecule is CC1(F)CCN(C2CNC2)C1.Cl. The summed E-state index contributed by atoms with van der Waals surface area (Å²) in [4.78, 5) is 2.26. The van der Waals surface area contributed by atoms with Gasteiger partial charge in [-0.15, -0.1) is 12.4 Å². The lowest BCUT2D eigenvalue weighted by molar-refractivity contribution is 0.136. The number of hydrogen-bond donors (Lipinski definition) is 1. The Balaban J connectivity index is 0.000000720. The molecule has 1 unspecified atom stereocenters. The molecule has 0 amide bonds. The van der Waals surface area contributed by atoms with Crippen molar-refractivity contribution in [2.75, 3.05) is 26.2 Å². The molecule has 2 aliphatic heterocycles. The molecular weight excluding hydrogens is 179 g/mol. The van der Waals surface area contributed by atoms with Crippen LogP contribution in [0.2, 0.25) is 0 Å². The molecule has 12 heavy (non-hydrogen) atoms. The van der Waals surface area contributed by atoms with E-state index in [1.807, 2.05) is 0 Å². The minimum absolute atomic E-state index is 0. The number of alkyl halides is 1. The minimum Gasteiger partial charge on any atom is -0.314 e. The summed E-state index contributed by atoms with van der Waals surface area (Å²) >= 11 is 0.